The molecule has 11 nitrogen and oxygen atoms in total. The van der Waals surface area contributed by atoms with Gasteiger partial charge in [-0.3, -0.25) is 5.43 Å². The number of carbonyl (C=O) groups excluding carboxylic acids is 3. The predicted octanol–water partition coefficient (Wildman–Crippen LogP) is 6.41. The second-order valence-corrected chi connectivity index (χ2v) is 13.0. The van der Waals surface area contributed by atoms with Crippen LogP contribution in [0.2, 0.25) is 5.02 Å². The number of aromatic nitrogens is 2. The number of imide groups is 1. The molecule has 0 aliphatic carbocycles. The number of halogens is 4. The normalized spacial score (nSPS) is 18.4. The molecule has 1 aliphatic rings. The molecule has 41 heavy (non-hydrogen) atoms. The summed E-state index contributed by atoms with van der Waals surface area (Å²) in [4.78, 5) is 40.3. The van der Waals surface area contributed by atoms with Crippen LogP contribution in [0.25, 0.3) is 10.9 Å². The molecular weight excluding hydrogens is 571 g/mol. The van der Waals surface area contributed by atoms with Gasteiger partial charge in [0.15, 0.2) is 11.4 Å². The Balaban J connectivity index is 2.39. The Bertz CT molecular complexity index is 1320. The van der Waals surface area contributed by atoms with Crippen LogP contribution in [-0.4, -0.2) is 57.6 Å². The van der Waals surface area contributed by atoms with E-state index in [0.29, 0.717) is 9.58 Å². The highest BCUT2D eigenvalue weighted by Gasteiger charge is 2.58. The number of benzene rings is 1. The van der Waals surface area contributed by atoms with Gasteiger partial charge in [0.05, 0.1) is 5.52 Å². The Morgan fingerprint density at radius 3 is 1.85 bits per heavy atom. The van der Waals surface area contributed by atoms with Crippen LogP contribution in [-0.2, 0) is 19.7 Å². The fourth-order valence-corrected chi connectivity index (χ4v) is 4.33. The molecule has 228 valence electrons. The van der Waals surface area contributed by atoms with Gasteiger partial charge in [0.1, 0.15) is 16.8 Å². The number of carbonyl (C=O) groups is 3. The zero-order valence-electron chi connectivity index (χ0n) is 24.4. The van der Waals surface area contributed by atoms with E-state index in [-0.39, 0.29) is 22.5 Å². The first-order valence-corrected chi connectivity index (χ1v) is 13.1. The summed E-state index contributed by atoms with van der Waals surface area (Å²) in [6.07, 6.45) is -8.72. The van der Waals surface area contributed by atoms with Crippen LogP contribution in [0.15, 0.2) is 12.1 Å². The van der Waals surface area contributed by atoms with E-state index < -0.39 is 64.6 Å². The van der Waals surface area contributed by atoms with Gasteiger partial charge in [-0.15, -0.1) is 5.10 Å². The van der Waals surface area contributed by atoms with Crippen LogP contribution in [0.1, 0.15) is 74.3 Å². The lowest BCUT2D eigenvalue weighted by molar-refractivity contribution is -0.197. The summed E-state index contributed by atoms with van der Waals surface area (Å²) >= 11 is 6.42. The van der Waals surface area contributed by atoms with Gasteiger partial charge < -0.3 is 14.2 Å². The first-order valence-electron chi connectivity index (χ1n) is 12.7. The van der Waals surface area contributed by atoms with E-state index in [1.165, 1.54) is 0 Å². The molecule has 0 bridgehead atoms. The number of nitrogens with one attached hydrogen (secondary N) is 2. The smallest absolute Gasteiger partial charge is 0.435 e. The number of fused-ring (bicyclic) bond motifs is 1. The molecule has 1 unspecified atom stereocenters. The highest BCUT2D eigenvalue weighted by Crippen LogP contribution is 2.47. The standard InChI is InChI=1S/C26H35ClF3N5O6/c1-22(2,3)39-19(36)34(20(37)40-23(4,5)6)18-14-12-15(25(26(28,29)30)10-11-31-33-25)16(27)13-17(14)35(32-18)21(38)41-24(7,8)9/h12-13,31,33H,10-11H2,1-9H3. The highest BCUT2D eigenvalue weighted by molar-refractivity contribution is 6.32. The van der Waals surface area contributed by atoms with Gasteiger partial charge in [-0.25, -0.2) is 19.8 Å². The van der Waals surface area contributed by atoms with Crippen molar-refractivity contribution in [2.24, 2.45) is 0 Å². The van der Waals surface area contributed by atoms with Gasteiger partial charge in [0.25, 0.3) is 0 Å². The highest BCUT2D eigenvalue weighted by atomic mass is 35.5. The molecule has 15 heteroatoms. The first kappa shape index (κ1) is 32.4. The summed E-state index contributed by atoms with van der Waals surface area (Å²) in [5, 5.41) is 3.63. The van der Waals surface area contributed by atoms with Gasteiger partial charge in [0, 0.05) is 22.5 Å². The lowest BCUT2D eigenvalue weighted by Gasteiger charge is -2.32. The number of rotatable bonds is 2. The summed E-state index contributed by atoms with van der Waals surface area (Å²) < 4.78 is 60.4. The van der Waals surface area contributed by atoms with E-state index in [1.807, 2.05) is 0 Å². The van der Waals surface area contributed by atoms with Crippen molar-refractivity contribution in [2.75, 3.05) is 11.4 Å². The number of hydrogen-bond acceptors (Lipinski definition) is 9. The molecule has 2 amide bonds. The van der Waals surface area contributed by atoms with Gasteiger partial charge in [-0.05, 0) is 80.9 Å². The molecule has 0 radical (unpaired) electrons. The lowest BCUT2D eigenvalue weighted by atomic mass is 9.86. The minimum atomic E-state index is -4.81. The van der Waals surface area contributed by atoms with Crippen molar-refractivity contribution in [2.45, 2.75) is 97.3 Å². The molecule has 1 aromatic carbocycles. The Kier molecular flexibility index (Phi) is 8.40. The summed E-state index contributed by atoms with van der Waals surface area (Å²) in [6, 6.07) is 2.14. The second kappa shape index (κ2) is 10.6. The van der Waals surface area contributed by atoms with E-state index in [1.54, 1.807) is 62.3 Å². The number of anilines is 1. The van der Waals surface area contributed by atoms with Crippen LogP contribution in [0.5, 0.6) is 0 Å². The van der Waals surface area contributed by atoms with Gasteiger partial charge in [0.2, 0.25) is 0 Å². The SMILES string of the molecule is CC(C)(C)OC(=O)N(C(=O)OC(C)(C)C)c1nn(C(=O)OC(C)(C)C)c2cc(Cl)c(C3(C(F)(F)F)CCNN3)cc12. The summed E-state index contributed by atoms with van der Waals surface area (Å²) in [5.41, 5.74) is -1.56. The maximum Gasteiger partial charge on any atom is 0.435 e. The lowest BCUT2D eigenvalue weighted by Crippen LogP contribution is -2.52. The third-order valence-corrected chi connectivity index (χ3v) is 5.86. The molecule has 1 fully saturated rings. The number of amides is 2. The number of alkyl halides is 3. The van der Waals surface area contributed by atoms with Gasteiger partial charge >= 0.3 is 24.5 Å². The molecule has 3 rings (SSSR count). The zero-order valence-corrected chi connectivity index (χ0v) is 25.1. The molecule has 2 heterocycles. The largest absolute Gasteiger partial charge is 0.443 e. The predicted molar refractivity (Wildman–Crippen MR) is 145 cm³/mol. The zero-order chi connectivity index (χ0) is 31.3. The molecule has 0 saturated carbocycles. The topological polar surface area (TPSA) is 124 Å². The Morgan fingerprint density at radius 2 is 1.44 bits per heavy atom. The van der Waals surface area contributed by atoms with Crippen LogP contribution >= 0.6 is 11.6 Å². The van der Waals surface area contributed by atoms with Crippen molar-refractivity contribution in [3.05, 3.63) is 22.7 Å². The Morgan fingerprint density at radius 1 is 0.927 bits per heavy atom. The average Bonchev–Trinajstić information content (AvgIpc) is 3.35. The van der Waals surface area contributed by atoms with Crippen LogP contribution in [0.3, 0.4) is 0 Å². The van der Waals surface area contributed by atoms with E-state index in [9.17, 15) is 27.6 Å². The molecular formula is C26H35ClF3N5O6. The monoisotopic (exact) mass is 605 g/mol. The molecule has 1 atom stereocenters. The molecule has 2 N–H and O–H groups in total. The fraction of sp³-hybridized carbons (Fsp3) is 0.615. The molecule has 2 aromatic rings. The number of hydrazine groups is 1. The van der Waals surface area contributed by atoms with Crippen molar-refractivity contribution in [3.8, 4) is 0 Å². The molecule has 0 spiro atoms. The third-order valence-electron chi connectivity index (χ3n) is 5.55. The summed E-state index contributed by atoms with van der Waals surface area (Å²) in [7, 11) is 0. The van der Waals surface area contributed by atoms with Crippen LogP contribution in [0, 0.1) is 0 Å². The van der Waals surface area contributed by atoms with Gasteiger partial charge in [-0.2, -0.15) is 22.8 Å². The van der Waals surface area contributed by atoms with Crippen molar-refractivity contribution in [1.82, 2.24) is 20.6 Å². The van der Waals surface area contributed by atoms with E-state index in [2.05, 4.69) is 16.0 Å². The minimum Gasteiger partial charge on any atom is -0.443 e. The van der Waals surface area contributed by atoms with Gasteiger partial charge in [-0.1, -0.05) is 11.6 Å². The van der Waals surface area contributed by atoms with E-state index >= 15 is 0 Å². The minimum absolute atomic E-state index is 0.0279. The second-order valence-electron chi connectivity index (χ2n) is 12.6. The number of ether oxygens (including phenoxy) is 3. The first-order chi connectivity index (χ1) is 18.5. The Labute approximate surface area is 240 Å². The average molecular weight is 606 g/mol. The molecule has 1 aliphatic heterocycles. The molecule has 1 saturated heterocycles. The summed E-state index contributed by atoms with van der Waals surface area (Å²) in [5.74, 6) is -0.518. The fourth-order valence-electron chi connectivity index (χ4n) is 4.01. The maximum absolute atomic E-state index is 14.5. The molecule has 1 aromatic heterocycles. The van der Waals surface area contributed by atoms with Crippen molar-refractivity contribution >= 4 is 46.6 Å². The van der Waals surface area contributed by atoms with Crippen LogP contribution in [0.4, 0.5) is 33.4 Å². The quantitative estimate of drug-likeness (QED) is 0.374. The van der Waals surface area contributed by atoms with Crippen molar-refractivity contribution in [3.63, 3.8) is 0 Å². The number of nitrogens with zero attached hydrogens (tertiary/aromatic N) is 3. The third kappa shape index (κ3) is 7.04. The number of hydrogen-bond donors (Lipinski definition) is 2. The Hall–Kier alpha value is -3.10. The van der Waals surface area contributed by atoms with Crippen molar-refractivity contribution in [1.29, 1.82) is 0 Å². The maximum atomic E-state index is 14.5. The van der Waals surface area contributed by atoms with E-state index in [4.69, 9.17) is 25.8 Å². The van der Waals surface area contributed by atoms with E-state index in [0.717, 1.165) is 12.1 Å². The van der Waals surface area contributed by atoms with Crippen molar-refractivity contribution < 1.29 is 41.8 Å². The van der Waals surface area contributed by atoms with Crippen LogP contribution < -0.4 is 15.8 Å². The summed E-state index contributed by atoms with van der Waals surface area (Å²) in [6.45, 7) is 14.1.